The first-order valence-corrected chi connectivity index (χ1v) is 13.7. The molecule has 36 heavy (non-hydrogen) atoms. The van der Waals surface area contributed by atoms with Crippen molar-refractivity contribution in [2.45, 2.75) is 24.6 Å². The predicted molar refractivity (Wildman–Crippen MR) is 135 cm³/mol. The first-order chi connectivity index (χ1) is 17.2. The van der Waals surface area contributed by atoms with E-state index in [0.29, 0.717) is 18.5 Å². The molecule has 194 valence electrons. The number of hydrogen-bond acceptors (Lipinski definition) is 9. The Balaban J connectivity index is 1.56. The van der Waals surface area contributed by atoms with Crippen LogP contribution >= 0.6 is 11.3 Å². The van der Waals surface area contributed by atoms with Gasteiger partial charge in [0, 0.05) is 31.2 Å². The van der Waals surface area contributed by atoms with E-state index in [1.807, 2.05) is 0 Å². The minimum atomic E-state index is -3.69. The summed E-state index contributed by atoms with van der Waals surface area (Å²) >= 11 is 1.16. The number of hydrogen-bond donors (Lipinski definition) is 3. The van der Waals surface area contributed by atoms with Gasteiger partial charge in [-0.15, -0.1) is 11.3 Å². The Kier molecular flexibility index (Phi) is 9.64. The number of amides is 2. The fraction of sp³-hybridized carbons (Fsp3) is 0.409. The number of Topliss-reactive ketones (excluding diaryl/α,β-unsaturated/α-hetero) is 1. The van der Waals surface area contributed by atoms with Gasteiger partial charge in [-0.05, 0) is 18.4 Å². The Hall–Kier alpha value is -3.20. The van der Waals surface area contributed by atoms with Crippen molar-refractivity contribution < 1.29 is 22.8 Å². The van der Waals surface area contributed by atoms with Gasteiger partial charge < -0.3 is 15.2 Å². The average molecular weight is 536 g/mol. The maximum atomic E-state index is 12.8. The smallest absolute Gasteiger partial charge is 0.240 e. The molecule has 2 heterocycles. The Bertz CT molecular complexity index is 1160. The molecule has 1 atom stereocenters. The normalized spacial score (nSPS) is 15.4. The first kappa shape index (κ1) is 27.4. The van der Waals surface area contributed by atoms with Crippen molar-refractivity contribution in [2.24, 2.45) is 5.84 Å². The molecule has 2 amide bonds. The molecule has 3 rings (SSSR count). The van der Waals surface area contributed by atoms with Crippen molar-refractivity contribution in [3.63, 3.8) is 0 Å². The highest BCUT2D eigenvalue weighted by atomic mass is 32.2. The maximum Gasteiger partial charge on any atom is 0.240 e. The van der Waals surface area contributed by atoms with Gasteiger partial charge in [0.05, 0.1) is 31.2 Å². The lowest BCUT2D eigenvalue weighted by Gasteiger charge is -2.33. The number of rotatable bonds is 13. The van der Waals surface area contributed by atoms with Crippen LogP contribution in [0.15, 0.2) is 41.9 Å². The van der Waals surface area contributed by atoms with Crippen molar-refractivity contribution in [3.8, 4) is 0 Å². The molecule has 2 aromatic rings. The third-order valence-electron chi connectivity index (χ3n) is 5.57. The van der Waals surface area contributed by atoms with Gasteiger partial charge in [-0.3, -0.25) is 19.8 Å². The number of piperazine rings is 1. The number of nitrogens with one attached hydrogen (secondary N) is 2. The SMILES string of the molecule is N=CN(N)CCC[C@H](NC(=O)CN1CCN(S(=O)(=O)Cc2ccccc2)CC1=O)C(=O)c1nccs1. The van der Waals surface area contributed by atoms with Crippen molar-refractivity contribution in [2.75, 3.05) is 32.7 Å². The summed E-state index contributed by atoms with van der Waals surface area (Å²) in [5.41, 5.74) is 0.626. The fourth-order valence-electron chi connectivity index (χ4n) is 3.69. The Morgan fingerprint density at radius 3 is 2.67 bits per heavy atom. The Morgan fingerprint density at radius 2 is 2.03 bits per heavy atom. The number of carbonyl (C=O) groups excluding carboxylic acids is 3. The number of benzene rings is 1. The number of ketones is 1. The van der Waals surface area contributed by atoms with E-state index in [9.17, 15) is 22.8 Å². The maximum absolute atomic E-state index is 12.8. The van der Waals surface area contributed by atoms with Crippen LogP contribution < -0.4 is 11.2 Å². The highest BCUT2D eigenvalue weighted by molar-refractivity contribution is 7.88. The van der Waals surface area contributed by atoms with Crippen molar-refractivity contribution in [1.82, 2.24) is 24.5 Å². The molecule has 1 aromatic heterocycles. The molecule has 0 radical (unpaired) electrons. The molecular weight excluding hydrogens is 506 g/mol. The first-order valence-electron chi connectivity index (χ1n) is 11.2. The lowest BCUT2D eigenvalue weighted by atomic mass is 10.1. The van der Waals surface area contributed by atoms with Crippen LogP contribution in [0.4, 0.5) is 0 Å². The second-order valence-electron chi connectivity index (χ2n) is 8.22. The van der Waals surface area contributed by atoms with Crippen LogP contribution in [-0.4, -0.2) is 90.3 Å². The second kappa shape index (κ2) is 12.7. The molecule has 1 fully saturated rings. The quantitative estimate of drug-likeness (QED) is 0.106. The molecule has 12 nitrogen and oxygen atoms in total. The van der Waals surface area contributed by atoms with Crippen LogP contribution in [0.1, 0.15) is 28.2 Å². The lowest BCUT2D eigenvalue weighted by molar-refractivity contribution is -0.138. The largest absolute Gasteiger partial charge is 0.344 e. The highest BCUT2D eigenvalue weighted by Gasteiger charge is 2.33. The van der Waals surface area contributed by atoms with Gasteiger partial charge in [0.15, 0.2) is 5.01 Å². The third kappa shape index (κ3) is 7.65. The van der Waals surface area contributed by atoms with E-state index in [2.05, 4.69) is 10.3 Å². The standard InChI is InChI=1S/C22H29N7O5S2/c23-16-28(24)9-4-7-18(21(32)22-25-8-12-35-22)26-19(30)13-27-10-11-29(14-20(27)31)36(33,34)15-17-5-2-1-3-6-17/h1-3,5-6,8,12,16,18,23H,4,7,9-11,13-15,24H2,(H,26,30)/t18-/m0/s1. The van der Waals surface area contributed by atoms with Crippen molar-refractivity contribution >= 4 is 45.3 Å². The number of thiazole rings is 1. The van der Waals surface area contributed by atoms with Crippen LogP contribution in [0.5, 0.6) is 0 Å². The van der Waals surface area contributed by atoms with Gasteiger partial charge in [-0.2, -0.15) is 4.31 Å². The van der Waals surface area contributed by atoms with Crippen LogP contribution in [0, 0.1) is 5.41 Å². The van der Waals surface area contributed by atoms with Gasteiger partial charge in [0.2, 0.25) is 27.6 Å². The van der Waals surface area contributed by atoms with Gasteiger partial charge >= 0.3 is 0 Å². The number of hydrazine groups is 1. The van der Waals surface area contributed by atoms with Gasteiger partial charge in [-0.25, -0.2) is 19.2 Å². The fourth-order valence-corrected chi connectivity index (χ4v) is 5.78. The number of carbonyl (C=O) groups is 3. The molecule has 0 unspecified atom stereocenters. The van der Waals surface area contributed by atoms with Crippen molar-refractivity contribution in [3.05, 3.63) is 52.5 Å². The van der Waals surface area contributed by atoms with E-state index in [0.717, 1.165) is 27.0 Å². The lowest BCUT2D eigenvalue weighted by Crippen LogP contribution is -2.55. The number of aromatic nitrogens is 1. The minimum Gasteiger partial charge on any atom is -0.344 e. The Morgan fingerprint density at radius 1 is 1.28 bits per heavy atom. The minimum absolute atomic E-state index is 0.0623. The molecular formula is C22H29N7O5S2. The van der Waals surface area contributed by atoms with Crippen molar-refractivity contribution in [1.29, 1.82) is 5.41 Å². The molecule has 0 saturated carbocycles. The molecule has 14 heteroatoms. The highest BCUT2D eigenvalue weighted by Crippen LogP contribution is 2.15. The predicted octanol–water partition coefficient (Wildman–Crippen LogP) is 0.0478. The summed E-state index contributed by atoms with van der Waals surface area (Å²) in [7, 11) is -3.69. The summed E-state index contributed by atoms with van der Waals surface area (Å²) in [6, 6.07) is 7.84. The molecule has 1 aliphatic rings. The second-order valence-corrected chi connectivity index (χ2v) is 11.1. The number of sulfonamides is 1. The zero-order chi connectivity index (χ0) is 26.1. The van der Waals surface area contributed by atoms with Gasteiger partial charge in [0.25, 0.3) is 0 Å². The molecule has 1 aliphatic heterocycles. The van der Waals surface area contributed by atoms with E-state index in [-0.39, 0.29) is 49.1 Å². The number of nitrogens with two attached hydrogens (primary N) is 1. The summed E-state index contributed by atoms with van der Waals surface area (Å²) in [5, 5.41) is 12.9. The zero-order valence-corrected chi connectivity index (χ0v) is 21.2. The zero-order valence-electron chi connectivity index (χ0n) is 19.6. The van der Waals surface area contributed by atoms with Crippen LogP contribution in [0.2, 0.25) is 0 Å². The van der Waals surface area contributed by atoms with Gasteiger partial charge in [0.1, 0.15) is 0 Å². The molecule has 0 bridgehead atoms. The van der Waals surface area contributed by atoms with E-state index in [1.165, 1.54) is 11.1 Å². The molecule has 4 N–H and O–H groups in total. The number of nitrogens with zero attached hydrogens (tertiary/aromatic N) is 4. The topological polar surface area (TPSA) is 170 Å². The van der Waals surface area contributed by atoms with Crippen LogP contribution in [-0.2, 0) is 25.4 Å². The molecule has 1 saturated heterocycles. The molecule has 1 aromatic carbocycles. The summed E-state index contributed by atoms with van der Waals surface area (Å²) in [4.78, 5) is 43.5. The van der Waals surface area contributed by atoms with E-state index >= 15 is 0 Å². The summed E-state index contributed by atoms with van der Waals surface area (Å²) < 4.78 is 26.6. The average Bonchev–Trinajstić information content (AvgIpc) is 3.39. The molecule has 0 spiro atoms. The van der Waals surface area contributed by atoms with E-state index in [1.54, 1.807) is 35.7 Å². The Labute approximate surface area is 213 Å². The van der Waals surface area contributed by atoms with Gasteiger partial charge in [-0.1, -0.05) is 30.3 Å². The summed E-state index contributed by atoms with van der Waals surface area (Å²) in [6.45, 7) is -0.187. The third-order valence-corrected chi connectivity index (χ3v) is 8.16. The van der Waals surface area contributed by atoms with E-state index < -0.39 is 27.9 Å². The molecule has 0 aliphatic carbocycles. The van der Waals surface area contributed by atoms with Crippen LogP contribution in [0.3, 0.4) is 0 Å². The van der Waals surface area contributed by atoms with Crippen LogP contribution in [0.25, 0.3) is 0 Å². The summed E-state index contributed by atoms with van der Waals surface area (Å²) in [5.74, 6) is 4.00. The van der Waals surface area contributed by atoms with E-state index in [4.69, 9.17) is 11.3 Å². The summed E-state index contributed by atoms with van der Waals surface area (Å²) in [6.07, 6.45) is 3.16. The monoisotopic (exact) mass is 535 g/mol.